The SMILES string of the molecule is C#CCOc1c(Br)cc(C(=S)N2CCCCC2)cc1OC. The molecule has 1 aliphatic heterocycles. The van der Waals surface area contributed by atoms with Crippen LogP contribution in [0, 0.1) is 12.3 Å². The molecular formula is C16H18BrNO2S. The summed E-state index contributed by atoms with van der Waals surface area (Å²) in [6.07, 6.45) is 8.91. The minimum Gasteiger partial charge on any atom is -0.493 e. The van der Waals surface area contributed by atoms with Gasteiger partial charge in [-0.05, 0) is 47.3 Å². The lowest BCUT2D eigenvalue weighted by atomic mass is 10.1. The predicted octanol–water partition coefficient (Wildman–Crippen LogP) is 3.63. The largest absolute Gasteiger partial charge is 0.493 e. The van der Waals surface area contributed by atoms with Crippen molar-refractivity contribution in [1.29, 1.82) is 0 Å². The summed E-state index contributed by atoms with van der Waals surface area (Å²) in [7, 11) is 1.61. The maximum atomic E-state index is 5.61. The maximum absolute atomic E-state index is 5.61. The highest BCUT2D eigenvalue weighted by atomic mass is 79.9. The lowest BCUT2D eigenvalue weighted by molar-refractivity contribution is 0.328. The fourth-order valence-electron chi connectivity index (χ4n) is 2.38. The Bertz CT molecular complexity index is 562. The summed E-state index contributed by atoms with van der Waals surface area (Å²) in [6.45, 7) is 2.24. The monoisotopic (exact) mass is 367 g/mol. The first-order valence-electron chi connectivity index (χ1n) is 6.90. The van der Waals surface area contributed by atoms with Crippen LogP contribution in [0.3, 0.4) is 0 Å². The Morgan fingerprint density at radius 1 is 1.38 bits per heavy atom. The maximum Gasteiger partial charge on any atom is 0.176 e. The van der Waals surface area contributed by atoms with E-state index in [2.05, 4.69) is 26.8 Å². The number of terminal acetylenes is 1. The van der Waals surface area contributed by atoms with Gasteiger partial charge in [0.2, 0.25) is 0 Å². The molecule has 0 unspecified atom stereocenters. The first kappa shape index (κ1) is 16.1. The molecule has 2 rings (SSSR count). The van der Waals surface area contributed by atoms with E-state index in [1.54, 1.807) is 7.11 Å². The zero-order chi connectivity index (χ0) is 15.2. The molecule has 5 heteroatoms. The average molecular weight is 368 g/mol. The van der Waals surface area contributed by atoms with Gasteiger partial charge in [-0.2, -0.15) is 0 Å². The molecule has 0 amide bonds. The van der Waals surface area contributed by atoms with E-state index >= 15 is 0 Å². The van der Waals surface area contributed by atoms with Gasteiger partial charge in [-0.25, -0.2) is 0 Å². The van der Waals surface area contributed by atoms with Crippen molar-refractivity contribution in [2.45, 2.75) is 19.3 Å². The molecule has 0 saturated carbocycles. The summed E-state index contributed by atoms with van der Waals surface area (Å²) >= 11 is 9.12. The topological polar surface area (TPSA) is 21.7 Å². The van der Waals surface area contributed by atoms with E-state index in [4.69, 9.17) is 28.1 Å². The third-order valence-corrected chi connectivity index (χ3v) is 4.50. The van der Waals surface area contributed by atoms with Crippen molar-refractivity contribution in [3.05, 3.63) is 22.2 Å². The summed E-state index contributed by atoms with van der Waals surface area (Å²) in [5.41, 5.74) is 0.962. The van der Waals surface area contributed by atoms with Gasteiger partial charge < -0.3 is 14.4 Å². The molecule has 3 nitrogen and oxygen atoms in total. The number of thiocarbonyl (C=S) groups is 1. The van der Waals surface area contributed by atoms with Crippen molar-refractivity contribution in [3.63, 3.8) is 0 Å². The van der Waals surface area contributed by atoms with Crippen molar-refractivity contribution in [2.75, 3.05) is 26.8 Å². The lowest BCUT2D eigenvalue weighted by Gasteiger charge is -2.29. The van der Waals surface area contributed by atoms with Gasteiger partial charge in [0.05, 0.1) is 11.6 Å². The number of methoxy groups -OCH3 is 1. The number of halogens is 1. The Balaban J connectivity index is 2.26. The molecule has 0 bridgehead atoms. The minimum absolute atomic E-state index is 0.199. The first-order chi connectivity index (χ1) is 10.2. The van der Waals surface area contributed by atoms with Gasteiger partial charge in [-0.1, -0.05) is 18.1 Å². The van der Waals surface area contributed by atoms with Crippen molar-refractivity contribution in [1.82, 2.24) is 4.90 Å². The van der Waals surface area contributed by atoms with E-state index in [1.807, 2.05) is 12.1 Å². The standard InChI is InChI=1S/C16H18BrNO2S/c1-3-9-20-15-13(17)10-12(11-14(15)19-2)16(21)18-7-5-4-6-8-18/h1,10-11H,4-9H2,2H3. The quantitative estimate of drug-likeness (QED) is 0.598. The number of piperidine rings is 1. The number of hydrogen-bond donors (Lipinski definition) is 0. The Hall–Kier alpha value is -1.25. The highest BCUT2D eigenvalue weighted by Crippen LogP contribution is 2.37. The van der Waals surface area contributed by atoms with E-state index in [0.29, 0.717) is 11.5 Å². The van der Waals surface area contributed by atoms with Gasteiger partial charge in [0.1, 0.15) is 11.6 Å². The first-order valence-corrected chi connectivity index (χ1v) is 8.10. The van der Waals surface area contributed by atoms with Crippen LogP contribution in [0.25, 0.3) is 0 Å². The number of hydrogen-bond acceptors (Lipinski definition) is 3. The van der Waals surface area contributed by atoms with E-state index in [1.165, 1.54) is 19.3 Å². The molecule has 1 aromatic carbocycles. The van der Waals surface area contributed by atoms with E-state index in [0.717, 1.165) is 28.1 Å². The zero-order valence-electron chi connectivity index (χ0n) is 12.0. The van der Waals surface area contributed by atoms with Gasteiger partial charge in [0, 0.05) is 18.7 Å². The Morgan fingerprint density at radius 2 is 2.10 bits per heavy atom. The Kier molecular flexibility index (Phi) is 5.89. The molecule has 1 aromatic rings. The summed E-state index contributed by atoms with van der Waals surface area (Å²) < 4.78 is 11.7. The molecule has 0 N–H and O–H groups in total. The van der Waals surface area contributed by atoms with E-state index in [-0.39, 0.29) is 6.61 Å². The number of ether oxygens (including phenoxy) is 2. The molecule has 0 radical (unpaired) electrons. The lowest BCUT2D eigenvalue weighted by Crippen LogP contribution is -2.34. The van der Waals surface area contributed by atoms with Gasteiger partial charge in [-0.3, -0.25) is 0 Å². The highest BCUT2D eigenvalue weighted by Gasteiger charge is 2.18. The zero-order valence-corrected chi connectivity index (χ0v) is 14.4. The predicted molar refractivity (Wildman–Crippen MR) is 92.1 cm³/mol. The molecular weight excluding hydrogens is 350 g/mol. The smallest absolute Gasteiger partial charge is 0.176 e. The molecule has 1 saturated heterocycles. The summed E-state index contributed by atoms with van der Waals surface area (Å²) in [5.74, 6) is 3.70. The second-order valence-corrected chi connectivity index (χ2v) is 6.08. The molecule has 112 valence electrons. The van der Waals surface area contributed by atoms with Crippen molar-refractivity contribution in [3.8, 4) is 23.8 Å². The Labute approximate surface area is 139 Å². The number of likely N-dealkylation sites (tertiary alicyclic amines) is 1. The van der Waals surface area contributed by atoms with Crippen LogP contribution in [0.1, 0.15) is 24.8 Å². The van der Waals surface area contributed by atoms with Crippen LogP contribution >= 0.6 is 28.1 Å². The fraction of sp³-hybridized carbons (Fsp3) is 0.438. The van der Waals surface area contributed by atoms with Gasteiger partial charge in [0.15, 0.2) is 11.5 Å². The van der Waals surface area contributed by atoms with E-state index in [9.17, 15) is 0 Å². The van der Waals surface area contributed by atoms with E-state index < -0.39 is 0 Å². The summed E-state index contributed by atoms with van der Waals surface area (Å²) in [4.78, 5) is 3.11. The normalized spacial score (nSPS) is 14.4. The summed E-state index contributed by atoms with van der Waals surface area (Å²) in [6, 6.07) is 3.87. The van der Waals surface area contributed by atoms with Crippen LogP contribution < -0.4 is 9.47 Å². The molecule has 0 aromatic heterocycles. The van der Waals surface area contributed by atoms with Crippen LogP contribution in [0.15, 0.2) is 16.6 Å². The van der Waals surface area contributed by atoms with Crippen LogP contribution in [0.2, 0.25) is 0 Å². The molecule has 1 fully saturated rings. The van der Waals surface area contributed by atoms with Crippen molar-refractivity contribution in [2.24, 2.45) is 0 Å². The third-order valence-electron chi connectivity index (χ3n) is 3.42. The van der Waals surface area contributed by atoms with Gasteiger partial charge in [-0.15, -0.1) is 6.42 Å². The van der Waals surface area contributed by atoms with Crippen LogP contribution in [0.4, 0.5) is 0 Å². The molecule has 1 heterocycles. The molecule has 1 aliphatic rings. The third kappa shape index (κ3) is 3.90. The summed E-state index contributed by atoms with van der Waals surface area (Å²) in [5, 5.41) is 0. The van der Waals surface area contributed by atoms with Gasteiger partial charge >= 0.3 is 0 Å². The fourth-order valence-corrected chi connectivity index (χ4v) is 3.23. The second kappa shape index (κ2) is 7.67. The molecule has 0 aliphatic carbocycles. The second-order valence-electron chi connectivity index (χ2n) is 4.84. The molecule has 0 atom stereocenters. The highest BCUT2D eigenvalue weighted by molar-refractivity contribution is 9.10. The average Bonchev–Trinajstić information content (AvgIpc) is 2.53. The molecule has 0 spiro atoms. The Morgan fingerprint density at radius 3 is 2.71 bits per heavy atom. The minimum atomic E-state index is 0.199. The number of rotatable bonds is 4. The van der Waals surface area contributed by atoms with Crippen LogP contribution in [-0.4, -0.2) is 36.7 Å². The van der Waals surface area contributed by atoms with Crippen molar-refractivity contribution < 1.29 is 9.47 Å². The number of nitrogens with zero attached hydrogens (tertiary/aromatic N) is 1. The van der Waals surface area contributed by atoms with Crippen LogP contribution in [-0.2, 0) is 0 Å². The number of benzene rings is 1. The van der Waals surface area contributed by atoms with Crippen molar-refractivity contribution >= 4 is 33.1 Å². The van der Waals surface area contributed by atoms with Crippen LogP contribution in [0.5, 0.6) is 11.5 Å². The molecule has 21 heavy (non-hydrogen) atoms. The van der Waals surface area contributed by atoms with Gasteiger partial charge in [0.25, 0.3) is 0 Å².